The van der Waals surface area contributed by atoms with Gasteiger partial charge in [0.25, 0.3) is 0 Å². The summed E-state index contributed by atoms with van der Waals surface area (Å²) in [5.41, 5.74) is 9.01. The Morgan fingerprint density at radius 1 is 1.19 bits per heavy atom. The van der Waals surface area contributed by atoms with Gasteiger partial charge in [0, 0.05) is 11.1 Å². The van der Waals surface area contributed by atoms with Gasteiger partial charge in [-0.25, -0.2) is 4.98 Å². The molecule has 0 unspecified atom stereocenters. The second-order valence-corrected chi connectivity index (χ2v) is 4.81. The zero-order valence-corrected chi connectivity index (χ0v) is 10.2. The van der Waals surface area contributed by atoms with Gasteiger partial charge < -0.3 is 5.73 Å². The monoisotopic (exact) mass is 230 g/mol. The highest BCUT2D eigenvalue weighted by atomic mass is 32.2. The lowest BCUT2D eigenvalue weighted by Crippen LogP contribution is -1.93. The van der Waals surface area contributed by atoms with Crippen LogP contribution in [-0.4, -0.2) is 4.98 Å². The number of hydrogen-bond acceptors (Lipinski definition) is 3. The van der Waals surface area contributed by atoms with E-state index in [0.717, 1.165) is 16.3 Å². The molecule has 0 aliphatic heterocycles. The highest BCUT2D eigenvalue weighted by molar-refractivity contribution is 7.99. The van der Waals surface area contributed by atoms with E-state index in [0.29, 0.717) is 0 Å². The summed E-state index contributed by atoms with van der Waals surface area (Å²) in [6.07, 6.45) is 1.84. The highest BCUT2D eigenvalue weighted by Crippen LogP contribution is 2.32. The lowest BCUT2D eigenvalue weighted by Gasteiger charge is -2.07. The molecule has 82 valence electrons. The molecule has 2 nitrogen and oxygen atoms in total. The molecule has 0 atom stereocenters. The highest BCUT2D eigenvalue weighted by Gasteiger charge is 2.05. The van der Waals surface area contributed by atoms with Crippen molar-refractivity contribution in [2.75, 3.05) is 5.73 Å². The van der Waals surface area contributed by atoms with Crippen molar-refractivity contribution in [2.45, 2.75) is 23.8 Å². The molecule has 2 N–H and O–H groups in total. The van der Waals surface area contributed by atoms with E-state index < -0.39 is 0 Å². The summed E-state index contributed by atoms with van der Waals surface area (Å²) in [7, 11) is 0. The van der Waals surface area contributed by atoms with Crippen LogP contribution in [-0.2, 0) is 0 Å². The normalized spacial score (nSPS) is 10.4. The summed E-state index contributed by atoms with van der Waals surface area (Å²) < 4.78 is 0. The average Bonchev–Trinajstić information content (AvgIpc) is 2.25. The fourth-order valence-corrected chi connectivity index (χ4v) is 2.31. The van der Waals surface area contributed by atoms with Gasteiger partial charge in [-0.15, -0.1) is 0 Å². The first-order chi connectivity index (χ1) is 7.66. The molecule has 0 fully saturated rings. The lowest BCUT2D eigenvalue weighted by molar-refractivity contribution is 1.11. The topological polar surface area (TPSA) is 38.9 Å². The first-order valence-corrected chi connectivity index (χ1v) is 5.94. The largest absolute Gasteiger partial charge is 0.397 e. The summed E-state index contributed by atoms with van der Waals surface area (Å²) in [4.78, 5) is 5.55. The van der Waals surface area contributed by atoms with E-state index in [2.05, 4.69) is 24.0 Å². The average molecular weight is 230 g/mol. The van der Waals surface area contributed by atoms with Gasteiger partial charge >= 0.3 is 0 Å². The molecule has 3 heteroatoms. The third kappa shape index (κ3) is 2.36. The summed E-state index contributed by atoms with van der Waals surface area (Å²) in [5, 5.41) is 0.875. The number of nitrogens with two attached hydrogens (primary N) is 1. The summed E-state index contributed by atoms with van der Waals surface area (Å²) >= 11 is 1.61. The Labute approximate surface area is 99.9 Å². The SMILES string of the molecule is Cc1cnc(Sc2ccccc2C)c(N)c1. The number of aromatic nitrogens is 1. The third-order valence-electron chi connectivity index (χ3n) is 2.32. The molecular weight excluding hydrogens is 216 g/mol. The molecule has 0 amide bonds. The summed E-state index contributed by atoms with van der Waals surface area (Å²) in [6.45, 7) is 4.08. The number of pyridine rings is 1. The molecular formula is C13H14N2S. The zero-order valence-electron chi connectivity index (χ0n) is 9.40. The lowest BCUT2D eigenvalue weighted by atomic mass is 10.2. The number of anilines is 1. The van der Waals surface area contributed by atoms with E-state index in [1.54, 1.807) is 11.8 Å². The number of rotatable bonds is 2. The predicted octanol–water partition coefficient (Wildman–Crippen LogP) is 3.43. The molecule has 0 radical (unpaired) electrons. The van der Waals surface area contributed by atoms with Crippen LogP contribution in [0.15, 0.2) is 46.5 Å². The molecule has 0 saturated heterocycles. The maximum absolute atomic E-state index is 5.94. The Bertz CT molecular complexity index is 509. The van der Waals surface area contributed by atoms with Gasteiger partial charge in [0.15, 0.2) is 0 Å². The van der Waals surface area contributed by atoms with E-state index in [1.165, 1.54) is 10.5 Å². The van der Waals surface area contributed by atoms with Crippen molar-refractivity contribution in [1.29, 1.82) is 0 Å². The molecule has 1 aromatic carbocycles. The van der Waals surface area contributed by atoms with Crippen LogP contribution in [0.2, 0.25) is 0 Å². The van der Waals surface area contributed by atoms with Crippen molar-refractivity contribution in [3.63, 3.8) is 0 Å². The van der Waals surface area contributed by atoms with Crippen LogP contribution in [0.3, 0.4) is 0 Å². The third-order valence-corrected chi connectivity index (χ3v) is 3.53. The molecule has 0 aliphatic carbocycles. The molecule has 0 spiro atoms. The van der Waals surface area contributed by atoms with Gasteiger partial charge in [0.1, 0.15) is 5.03 Å². The first kappa shape index (κ1) is 11.0. The van der Waals surface area contributed by atoms with Crippen molar-refractivity contribution < 1.29 is 0 Å². The Morgan fingerprint density at radius 2 is 1.94 bits per heavy atom. The van der Waals surface area contributed by atoms with Crippen LogP contribution in [0, 0.1) is 13.8 Å². The fourth-order valence-electron chi connectivity index (χ4n) is 1.44. The second kappa shape index (κ2) is 4.58. The van der Waals surface area contributed by atoms with Crippen LogP contribution >= 0.6 is 11.8 Å². The minimum Gasteiger partial charge on any atom is -0.397 e. The maximum atomic E-state index is 5.94. The Hall–Kier alpha value is -1.48. The van der Waals surface area contributed by atoms with Gasteiger partial charge in [0.2, 0.25) is 0 Å². The number of nitrogen functional groups attached to an aromatic ring is 1. The van der Waals surface area contributed by atoms with Gasteiger partial charge in [0.05, 0.1) is 5.69 Å². The van der Waals surface area contributed by atoms with Crippen LogP contribution in [0.25, 0.3) is 0 Å². The van der Waals surface area contributed by atoms with Crippen molar-refractivity contribution in [2.24, 2.45) is 0 Å². The van der Waals surface area contributed by atoms with Crippen molar-refractivity contribution in [1.82, 2.24) is 4.98 Å². The first-order valence-electron chi connectivity index (χ1n) is 5.12. The van der Waals surface area contributed by atoms with Crippen molar-refractivity contribution in [3.05, 3.63) is 47.7 Å². The maximum Gasteiger partial charge on any atom is 0.124 e. The molecule has 0 saturated carbocycles. The quantitative estimate of drug-likeness (QED) is 0.859. The van der Waals surface area contributed by atoms with Crippen LogP contribution in [0.5, 0.6) is 0 Å². The van der Waals surface area contributed by atoms with E-state index in [-0.39, 0.29) is 0 Å². The summed E-state index contributed by atoms with van der Waals surface area (Å²) in [6, 6.07) is 10.2. The second-order valence-electron chi connectivity index (χ2n) is 3.77. The van der Waals surface area contributed by atoms with E-state index in [9.17, 15) is 0 Å². The fraction of sp³-hybridized carbons (Fsp3) is 0.154. The smallest absolute Gasteiger partial charge is 0.124 e. The molecule has 0 bridgehead atoms. The zero-order chi connectivity index (χ0) is 11.5. The molecule has 1 aromatic heterocycles. The minimum absolute atomic E-state index is 0.744. The molecule has 2 rings (SSSR count). The summed E-state index contributed by atoms with van der Waals surface area (Å²) in [5.74, 6) is 0. The van der Waals surface area contributed by atoms with Crippen molar-refractivity contribution in [3.8, 4) is 0 Å². The standard InChI is InChI=1S/C13H14N2S/c1-9-7-11(14)13(15-8-9)16-12-6-4-3-5-10(12)2/h3-8H,14H2,1-2H3. The van der Waals surface area contributed by atoms with E-state index in [4.69, 9.17) is 5.73 Å². The molecule has 0 aliphatic rings. The number of aryl methyl sites for hydroxylation is 2. The van der Waals surface area contributed by atoms with Gasteiger partial charge in [-0.05, 0) is 37.1 Å². The molecule has 2 aromatic rings. The molecule has 16 heavy (non-hydrogen) atoms. The van der Waals surface area contributed by atoms with Gasteiger partial charge in [-0.2, -0.15) is 0 Å². The van der Waals surface area contributed by atoms with Crippen LogP contribution < -0.4 is 5.73 Å². The van der Waals surface area contributed by atoms with E-state index in [1.807, 2.05) is 31.3 Å². The number of hydrogen-bond donors (Lipinski definition) is 1. The number of nitrogens with zero attached hydrogens (tertiary/aromatic N) is 1. The minimum atomic E-state index is 0.744. The van der Waals surface area contributed by atoms with Gasteiger partial charge in [-0.1, -0.05) is 30.0 Å². The van der Waals surface area contributed by atoms with Crippen LogP contribution in [0.4, 0.5) is 5.69 Å². The van der Waals surface area contributed by atoms with Crippen molar-refractivity contribution >= 4 is 17.4 Å². The Kier molecular flexibility index (Phi) is 3.15. The predicted molar refractivity (Wildman–Crippen MR) is 68.7 cm³/mol. The molecule has 1 heterocycles. The number of benzene rings is 1. The van der Waals surface area contributed by atoms with E-state index >= 15 is 0 Å². The van der Waals surface area contributed by atoms with Crippen LogP contribution in [0.1, 0.15) is 11.1 Å². The Balaban J connectivity index is 2.31. The Morgan fingerprint density at radius 3 is 2.62 bits per heavy atom. The van der Waals surface area contributed by atoms with Gasteiger partial charge in [-0.3, -0.25) is 0 Å².